The maximum Gasteiger partial charge on any atom is 0.289 e. The van der Waals surface area contributed by atoms with Crippen molar-refractivity contribution in [2.24, 2.45) is 5.92 Å². The Kier molecular flexibility index (Phi) is 5.11. The highest BCUT2D eigenvalue weighted by Crippen LogP contribution is 2.42. The molecule has 1 saturated heterocycles. The van der Waals surface area contributed by atoms with Gasteiger partial charge in [0, 0.05) is 43.9 Å². The van der Waals surface area contributed by atoms with E-state index in [1.54, 1.807) is 18.3 Å². The number of hydrogen-bond acceptors (Lipinski definition) is 5. The number of hydrogen-bond donors (Lipinski definition) is 1. The number of amides is 2. The van der Waals surface area contributed by atoms with E-state index in [1.807, 2.05) is 9.47 Å². The predicted octanol–water partition coefficient (Wildman–Crippen LogP) is 0.934. The Morgan fingerprint density at radius 1 is 1.10 bits per heavy atom. The fourth-order valence-corrected chi connectivity index (χ4v) is 4.90. The van der Waals surface area contributed by atoms with Crippen molar-refractivity contribution in [2.45, 2.75) is 57.0 Å². The van der Waals surface area contributed by atoms with E-state index in [0.717, 1.165) is 38.1 Å². The molecular formula is C22H28N6O3. The Morgan fingerprint density at radius 2 is 1.90 bits per heavy atom. The molecule has 2 fully saturated rings. The van der Waals surface area contributed by atoms with Crippen LogP contribution in [0.1, 0.15) is 55.0 Å². The average molecular weight is 425 g/mol. The second-order valence-corrected chi connectivity index (χ2v) is 9.08. The lowest BCUT2D eigenvalue weighted by Gasteiger charge is -2.43. The molecular weight excluding hydrogens is 396 g/mol. The van der Waals surface area contributed by atoms with Crippen molar-refractivity contribution in [1.82, 2.24) is 29.5 Å². The molecule has 0 bridgehead atoms. The van der Waals surface area contributed by atoms with Gasteiger partial charge in [-0.2, -0.15) is 0 Å². The maximum atomic E-state index is 12.7. The number of likely N-dealkylation sites (tertiary alicyclic amines) is 1. The minimum absolute atomic E-state index is 0.0411. The molecule has 0 aromatic carbocycles. The van der Waals surface area contributed by atoms with Crippen molar-refractivity contribution in [3.8, 4) is 0 Å². The van der Waals surface area contributed by atoms with E-state index in [4.69, 9.17) is 0 Å². The van der Waals surface area contributed by atoms with Crippen molar-refractivity contribution in [3.05, 3.63) is 46.4 Å². The first kappa shape index (κ1) is 20.0. The highest BCUT2D eigenvalue weighted by Gasteiger charge is 2.44. The van der Waals surface area contributed by atoms with Gasteiger partial charge in [0.05, 0.1) is 0 Å². The summed E-state index contributed by atoms with van der Waals surface area (Å²) in [5.41, 5.74) is -0.308. The van der Waals surface area contributed by atoms with Crippen molar-refractivity contribution >= 4 is 11.8 Å². The van der Waals surface area contributed by atoms with Crippen LogP contribution in [-0.4, -0.2) is 55.7 Å². The summed E-state index contributed by atoms with van der Waals surface area (Å²) < 4.78 is 3.43. The van der Waals surface area contributed by atoms with Crippen LogP contribution >= 0.6 is 0 Å². The zero-order valence-corrected chi connectivity index (χ0v) is 17.6. The molecule has 2 aromatic heterocycles. The van der Waals surface area contributed by atoms with Gasteiger partial charge in [0.15, 0.2) is 0 Å². The van der Waals surface area contributed by atoms with Gasteiger partial charge in [-0.3, -0.25) is 14.4 Å². The summed E-state index contributed by atoms with van der Waals surface area (Å²) in [6, 6.07) is 4.90. The number of nitrogens with zero attached hydrogens (tertiary/aromatic N) is 5. The largest absolute Gasteiger partial charge is 0.349 e. The number of carbonyl (C=O) groups is 2. The lowest BCUT2D eigenvalue weighted by atomic mass is 9.72. The molecule has 1 saturated carbocycles. The number of nitrogens with one attached hydrogen (secondary N) is 1. The van der Waals surface area contributed by atoms with Gasteiger partial charge in [-0.05, 0) is 50.5 Å². The smallest absolute Gasteiger partial charge is 0.289 e. The van der Waals surface area contributed by atoms with Crippen LogP contribution in [0.2, 0.25) is 0 Å². The van der Waals surface area contributed by atoms with Crippen LogP contribution in [0.3, 0.4) is 0 Å². The van der Waals surface area contributed by atoms with E-state index in [2.05, 4.69) is 15.5 Å². The van der Waals surface area contributed by atoms with Crippen LogP contribution in [0.25, 0.3) is 0 Å². The zero-order chi connectivity index (χ0) is 21.4. The van der Waals surface area contributed by atoms with Gasteiger partial charge in [0.25, 0.3) is 11.5 Å². The fraction of sp³-hybridized carbons (Fsp3) is 0.591. The third kappa shape index (κ3) is 3.88. The van der Waals surface area contributed by atoms with Gasteiger partial charge in [-0.1, -0.05) is 6.07 Å². The summed E-state index contributed by atoms with van der Waals surface area (Å²) in [5, 5.41) is 11.7. The summed E-state index contributed by atoms with van der Waals surface area (Å²) in [4.78, 5) is 39.1. The van der Waals surface area contributed by atoms with Gasteiger partial charge in [-0.25, -0.2) is 0 Å². The van der Waals surface area contributed by atoms with Gasteiger partial charge in [0.1, 0.15) is 12.4 Å². The molecule has 0 unspecified atom stereocenters. The van der Waals surface area contributed by atoms with Gasteiger partial charge in [0.2, 0.25) is 11.7 Å². The molecule has 1 N–H and O–H groups in total. The van der Waals surface area contributed by atoms with Crippen molar-refractivity contribution in [2.75, 3.05) is 19.6 Å². The molecule has 2 aromatic rings. The van der Waals surface area contributed by atoms with Crippen LogP contribution in [-0.2, 0) is 23.3 Å². The molecule has 1 spiro atoms. The van der Waals surface area contributed by atoms with E-state index in [-0.39, 0.29) is 29.3 Å². The quantitative estimate of drug-likeness (QED) is 0.770. The van der Waals surface area contributed by atoms with E-state index < -0.39 is 0 Å². The lowest BCUT2D eigenvalue weighted by Crippen LogP contribution is -2.49. The standard InChI is InChI=1S/C22H28N6O3/c29-17-4-1-2-10-27(17)15-18(30)26-12-8-22(9-13-26)7-3-11-28-19(24-25-21(22)28)20(31)23-14-16-5-6-16/h1-2,4,10,16H,3,5-9,11-15H2,(H,23,31). The lowest BCUT2D eigenvalue weighted by molar-refractivity contribution is -0.133. The first-order valence-electron chi connectivity index (χ1n) is 11.2. The predicted molar refractivity (Wildman–Crippen MR) is 113 cm³/mol. The number of aromatic nitrogens is 4. The molecule has 4 heterocycles. The number of pyridine rings is 1. The van der Waals surface area contributed by atoms with Crippen LogP contribution in [0, 0.1) is 5.92 Å². The second kappa shape index (κ2) is 7.94. The Balaban J connectivity index is 1.26. The fourth-order valence-electron chi connectivity index (χ4n) is 4.90. The third-order valence-electron chi connectivity index (χ3n) is 6.99. The van der Waals surface area contributed by atoms with Crippen LogP contribution in [0.5, 0.6) is 0 Å². The third-order valence-corrected chi connectivity index (χ3v) is 6.99. The summed E-state index contributed by atoms with van der Waals surface area (Å²) in [5.74, 6) is 1.75. The van der Waals surface area contributed by atoms with Gasteiger partial charge in [-0.15, -0.1) is 10.2 Å². The Labute approximate surface area is 180 Å². The highest BCUT2D eigenvalue weighted by atomic mass is 16.2. The summed E-state index contributed by atoms with van der Waals surface area (Å²) in [6.07, 6.45) is 7.58. The first-order chi connectivity index (χ1) is 15.1. The van der Waals surface area contributed by atoms with E-state index in [9.17, 15) is 14.4 Å². The van der Waals surface area contributed by atoms with E-state index in [1.165, 1.54) is 23.5 Å². The molecule has 9 heteroatoms. The van der Waals surface area contributed by atoms with E-state index in [0.29, 0.717) is 31.4 Å². The molecule has 3 aliphatic rings. The first-order valence-corrected chi connectivity index (χ1v) is 11.2. The molecule has 5 rings (SSSR count). The summed E-state index contributed by atoms with van der Waals surface area (Å²) >= 11 is 0. The number of piperidine rings is 1. The summed E-state index contributed by atoms with van der Waals surface area (Å²) in [6.45, 7) is 2.78. The second-order valence-electron chi connectivity index (χ2n) is 9.08. The molecule has 0 radical (unpaired) electrons. The topological polar surface area (TPSA) is 102 Å². The van der Waals surface area contributed by atoms with E-state index >= 15 is 0 Å². The Hall–Kier alpha value is -2.97. The minimum Gasteiger partial charge on any atom is -0.349 e. The zero-order valence-electron chi connectivity index (χ0n) is 17.6. The number of fused-ring (bicyclic) bond motifs is 2. The molecule has 31 heavy (non-hydrogen) atoms. The number of rotatable bonds is 5. The monoisotopic (exact) mass is 424 g/mol. The van der Waals surface area contributed by atoms with Crippen LogP contribution in [0.15, 0.2) is 29.2 Å². The molecule has 0 atom stereocenters. The number of carbonyl (C=O) groups excluding carboxylic acids is 2. The van der Waals surface area contributed by atoms with Crippen molar-refractivity contribution < 1.29 is 9.59 Å². The maximum absolute atomic E-state index is 12.7. The average Bonchev–Trinajstić information content (AvgIpc) is 3.51. The normalized spacial score (nSPS) is 19.8. The Bertz CT molecular complexity index is 1050. The summed E-state index contributed by atoms with van der Waals surface area (Å²) in [7, 11) is 0. The van der Waals surface area contributed by atoms with Crippen LogP contribution in [0.4, 0.5) is 0 Å². The van der Waals surface area contributed by atoms with Crippen molar-refractivity contribution in [3.63, 3.8) is 0 Å². The minimum atomic E-state index is -0.169. The van der Waals surface area contributed by atoms with Gasteiger partial charge >= 0.3 is 0 Å². The molecule has 9 nitrogen and oxygen atoms in total. The Morgan fingerprint density at radius 3 is 2.65 bits per heavy atom. The van der Waals surface area contributed by atoms with Gasteiger partial charge < -0.3 is 19.4 Å². The molecule has 1 aliphatic carbocycles. The van der Waals surface area contributed by atoms with Crippen molar-refractivity contribution in [1.29, 1.82) is 0 Å². The molecule has 2 amide bonds. The SMILES string of the molecule is O=C(NCC1CC1)c1nnc2n1CCCC21CCN(C(=O)Cn2ccccc2=O)CC1. The highest BCUT2D eigenvalue weighted by molar-refractivity contribution is 5.90. The molecule has 2 aliphatic heterocycles. The molecule has 164 valence electrons. The van der Waals surface area contributed by atoms with Crippen LogP contribution < -0.4 is 10.9 Å².